The molecule has 1 rings (SSSR count). The van der Waals surface area contributed by atoms with Gasteiger partial charge in [0.25, 0.3) is 5.91 Å². The maximum atomic E-state index is 11.5. The zero-order valence-corrected chi connectivity index (χ0v) is 11.0. The molecule has 15 heavy (non-hydrogen) atoms. The molecule has 0 fully saturated rings. The molecule has 0 unspecified atom stereocenters. The lowest BCUT2D eigenvalue weighted by Crippen LogP contribution is -2.40. The van der Waals surface area contributed by atoms with Gasteiger partial charge in [0.2, 0.25) is 5.91 Å². The number of hydrogen-bond donors (Lipinski definition) is 2. The number of carbonyl (C=O) groups is 2. The molecular weight excluding hydrogens is 328 g/mol. The minimum atomic E-state index is -0.368. The summed E-state index contributed by atoms with van der Waals surface area (Å²) in [6.07, 6.45) is 0. The average molecular weight is 336 g/mol. The molecule has 80 valence electrons. The highest BCUT2D eigenvalue weighted by atomic mass is 79.9. The third-order valence-corrected chi connectivity index (χ3v) is 2.39. The Balaban J connectivity index is 2.77. The first-order valence-electron chi connectivity index (χ1n) is 4.02. The van der Waals surface area contributed by atoms with Gasteiger partial charge >= 0.3 is 0 Å². The number of hydrogen-bond acceptors (Lipinski definition) is 2. The predicted molar refractivity (Wildman–Crippen MR) is 63.1 cm³/mol. The van der Waals surface area contributed by atoms with E-state index in [4.69, 9.17) is 0 Å². The summed E-state index contributed by atoms with van der Waals surface area (Å²) < 4.78 is 1.56. The summed E-state index contributed by atoms with van der Waals surface area (Å²) in [6, 6.07) is 5.12. The van der Waals surface area contributed by atoms with Crippen LogP contribution < -0.4 is 10.9 Å². The smallest absolute Gasteiger partial charge is 0.269 e. The molecule has 0 saturated carbocycles. The second-order valence-electron chi connectivity index (χ2n) is 2.79. The van der Waals surface area contributed by atoms with Crippen molar-refractivity contribution in [1.82, 2.24) is 10.9 Å². The van der Waals surface area contributed by atoms with E-state index in [1.165, 1.54) is 6.92 Å². The highest BCUT2D eigenvalue weighted by Crippen LogP contribution is 2.19. The van der Waals surface area contributed by atoms with Crippen LogP contribution in [0.25, 0.3) is 0 Å². The minimum Gasteiger partial charge on any atom is -0.274 e. The fraction of sp³-hybridized carbons (Fsp3) is 0.111. The molecule has 0 aliphatic heterocycles. The first-order chi connectivity index (χ1) is 6.99. The number of nitrogens with one attached hydrogen (secondary N) is 2. The van der Waals surface area contributed by atoms with Crippen LogP contribution >= 0.6 is 31.9 Å². The Morgan fingerprint density at radius 1 is 1.07 bits per heavy atom. The molecule has 1 aromatic carbocycles. The molecule has 0 spiro atoms. The van der Waals surface area contributed by atoms with E-state index >= 15 is 0 Å². The third kappa shape index (κ3) is 4.01. The third-order valence-electron chi connectivity index (χ3n) is 1.48. The van der Waals surface area contributed by atoms with Crippen LogP contribution in [0.2, 0.25) is 0 Å². The van der Waals surface area contributed by atoms with Crippen LogP contribution in [0.5, 0.6) is 0 Å². The van der Waals surface area contributed by atoms with Crippen molar-refractivity contribution >= 4 is 43.7 Å². The highest BCUT2D eigenvalue weighted by molar-refractivity contribution is 9.11. The van der Waals surface area contributed by atoms with Crippen molar-refractivity contribution in [3.8, 4) is 0 Å². The number of rotatable bonds is 1. The van der Waals surface area contributed by atoms with Crippen LogP contribution in [0.3, 0.4) is 0 Å². The van der Waals surface area contributed by atoms with Crippen LogP contribution in [-0.2, 0) is 4.79 Å². The van der Waals surface area contributed by atoms with Crippen molar-refractivity contribution in [1.29, 1.82) is 0 Å². The summed E-state index contributed by atoms with van der Waals surface area (Å²) in [4.78, 5) is 22.1. The molecule has 0 saturated heterocycles. The Labute approximate surface area is 104 Å². The Kier molecular flexibility index (Phi) is 4.28. The van der Waals surface area contributed by atoms with Gasteiger partial charge in [-0.3, -0.25) is 20.4 Å². The molecule has 2 amide bonds. The van der Waals surface area contributed by atoms with E-state index in [2.05, 4.69) is 42.7 Å². The molecule has 0 heterocycles. The van der Waals surface area contributed by atoms with Crippen molar-refractivity contribution in [2.45, 2.75) is 6.92 Å². The van der Waals surface area contributed by atoms with Gasteiger partial charge in [0, 0.05) is 21.4 Å². The van der Waals surface area contributed by atoms with Gasteiger partial charge in [0.15, 0.2) is 0 Å². The lowest BCUT2D eigenvalue weighted by Gasteiger charge is -2.05. The molecule has 0 aliphatic carbocycles. The van der Waals surface area contributed by atoms with Crippen molar-refractivity contribution in [3.05, 3.63) is 32.7 Å². The minimum absolute atomic E-state index is 0.322. The maximum Gasteiger partial charge on any atom is 0.269 e. The van der Waals surface area contributed by atoms with Crippen LogP contribution in [0.4, 0.5) is 0 Å². The normalized spacial score (nSPS) is 9.53. The summed E-state index contributed by atoms with van der Waals surface area (Å²) in [5, 5.41) is 0. The number of halogens is 2. The molecule has 4 nitrogen and oxygen atoms in total. The maximum absolute atomic E-state index is 11.5. The summed E-state index contributed by atoms with van der Waals surface area (Å²) in [5.41, 5.74) is 4.94. The molecule has 0 aromatic heterocycles. The summed E-state index contributed by atoms with van der Waals surface area (Å²) in [6.45, 7) is 1.32. The van der Waals surface area contributed by atoms with E-state index in [9.17, 15) is 9.59 Å². The second-order valence-corrected chi connectivity index (χ2v) is 4.62. The van der Waals surface area contributed by atoms with Crippen LogP contribution in [0.15, 0.2) is 27.1 Å². The van der Waals surface area contributed by atoms with Crippen LogP contribution in [0, 0.1) is 0 Å². The van der Waals surface area contributed by atoms with Crippen molar-refractivity contribution in [2.24, 2.45) is 0 Å². The van der Waals surface area contributed by atoms with Crippen molar-refractivity contribution in [2.75, 3.05) is 0 Å². The monoisotopic (exact) mass is 334 g/mol. The lowest BCUT2D eigenvalue weighted by molar-refractivity contribution is -0.119. The van der Waals surface area contributed by atoms with Gasteiger partial charge in [0.1, 0.15) is 0 Å². The molecule has 2 N–H and O–H groups in total. The largest absolute Gasteiger partial charge is 0.274 e. The van der Waals surface area contributed by atoms with Crippen molar-refractivity contribution in [3.63, 3.8) is 0 Å². The predicted octanol–water partition coefficient (Wildman–Crippen LogP) is 1.99. The Morgan fingerprint density at radius 2 is 1.60 bits per heavy atom. The Morgan fingerprint density at radius 3 is 2.07 bits per heavy atom. The summed E-state index contributed by atoms with van der Waals surface area (Å²) in [5.74, 6) is -0.690. The average Bonchev–Trinajstić information content (AvgIpc) is 2.12. The standard InChI is InChI=1S/C9H8Br2N2O2/c1-5(14)12-13-9(15)6-2-7(10)4-8(11)3-6/h2-4H,1H3,(H,12,14)(H,13,15). The van der Waals surface area contributed by atoms with Crippen LogP contribution in [0.1, 0.15) is 17.3 Å². The molecular formula is C9H8Br2N2O2. The van der Waals surface area contributed by atoms with E-state index in [-0.39, 0.29) is 11.8 Å². The molecule has 6 heteroatoms. The first kappa shape index (κ1) is 12.2. The van der Waals surface area contributed by atoms with Crippen LogP contribution in [-0.4, -0.2) is 11.8 Å². The van der Waals surface area contributed by atoms with Gasteiger partial charge in [-0.15, -0.1) is 0 Å². The van der Waals surface area contributed by atoms with Gasteiger partial charge in [0.05, 0.1) is 0 Å². The Bertz CT molecular complexity index is 387. The van der Waals surface area contributed by atoms with Gasteiger partial charge < -0.3 is 0 Å². The molecule has 0 radical (unpaired) electrons. The molecule has 0 aliphatic rings. The quantitative estimate of drug-likeness (QED) is 0.771. The van der Waals surface area contributed by atoms with E-state index in [0.717, 1.165) is 8.95 Å². The molecule has 1 aromatic rings. The number of benzene rings is 1. The van der Waals surface area contributed by atoms with E-state index in [0.29, 0.717) is 5.56 Å². The van der Waals surface area contributed by atoms with Gasteiger partial charge in [-0.2, -0.15) is 0 Å². The molecule has 0 atom stereocenters. The fourth-order valence-electron chi connectivity index (χ4n) is 0.902. The highest BCUT2D eigenvalue weighted by Gasteiger charge is 2.07. The Hall–Kier alpha value is -0.880. The van der Waals surface area contributed by atoms with E-state index in [1.54, 1.807) is 12.1 Å². The first-order valence-corrected chi connectivity index (χ1v) is 5.60. The second kappa shape index (κ2) is 5.27. The number of hydrazine groups is 1. The molecule has 0 bridgehead atoms. The number of carbonyl (C=O) groups excluding carboxylic acids is 2. The summed E-state index contributed by atoms with van der Waals surface area (Å²) >= 11 is 6.53. The van der Waals surface area contributed by atoms with E-state index in [1.807, 2.05) is 6.07 Å². The number of amides is 2. The zero-order chi connectivity index (χ0) is 11.4. The summed E-state index contributed by atoms with van der Waals surface area (Å²) in [7, 11) is 0. The fourth-order valence-corrected chi connectivity index (χ4v) is 2.20. The van der Waals surface area contributed by atoms with Gasteiger partial charge in [-0.05, 0) is 18.2 Å². The zero-order valence-electron chi connectivity index (χ0n) is 7.80. The van der Waals surface area contributed by atoms with Gasteiger partial charge in [-0.25, -0.2) is 0 Å². The SMILES string of the molecule is CC(=O)NNC(=O)c1cc(Br)cc(Br)c1. The lowest BCUT2D eigenvalue weighted by atomic mass is 10.2. The van der Waals surface area contributed by atoms with Gasteiger partial charge in [-0.1, -0.05) is 31.9 Å². The van der Waals surface area contributed by atoms with Crippen molar-refractivity contribution < 1.29 is 9.59 Å². The van der Waals surface area contributed by atoms with E-state index < -0.39 is 0 Å². The topological polar surface area (TPSA) is 58.2 Å².